The van der Waals surface area contributed by atoms with Crippen LogP contribution < -0.4 is 9.47 Å². The van der Waals surface area contributed by atoms with E-state index in [1.54, 1.807) is 11.0 Å². The molecule has 3 rings (SSSR count). The predicted molar refractivity (Wildman–Crippen MR) is 78.0 cm³/mol. The Bertz CT molecular complexity index is 524. The Labute approximate surface area is 128 Å². The quantitative estimate of drug-likeness (QED) is 0.780. The van der Waals surface area contributed by atoms with Gasteiger partial charge in [-0.25, -0.2) is 0 Å². The molecule has 114 valence electrons. The van der Waals surface area contributed by atoms with Crippen molar-refractivity contribution >= 4 is 17.5 Å². The van der Waals surface area contributed by atoms with Gasteiger partial charge in [0, 0.05) is 6.54 Å². The molecule has 2 aliphatic rings. The number of morpholine rings is 1. The van der Waals surface area contributed by atoms with E-state index >= 15 is 0 Å². The molecule has 0 spiro atoms. The summed E-state index contributed by atoms with van der Waals surface area (Å²) in [5.74, 6) is 1.59. The Morgan fingerprint density at radius 2 is 2.10 bits per heavy atom. The number of ether oxygens (including phenoxy) is 3. The van der Waals surface area contributed by atoms with E-state index in [9.17, 15) is 4.79 Å². The van der Waals surface area contributed by atoms with E-state index in [1.165, 1.54) is 0 Å². The average Bonchev–Trinajstić information content (AvgIpc) is 2.54. The van der Waals surface area contributed by atoms with Crippen LogP contribution in [0.4, 0.5) is 0 Å². The van der Waals surface area contributed by atoms with E-state index in [1.807, 2.05) is 25.1 Å². The molecule has 6 heteroatoms. The lowest BCUT2D eigenvalue weighted by Gasteiger charge is -2.39. The molecule has 0 N–H and O–H groups in total. The molecule has 1 aromatic carbocycles. The zero-order valence-corrected chi connectivity index (χ0v) is 12.6. The van der Waals surface area contributed by atoms with E-state index < -0.39 is 6.10 Å². The van der Waals surface area contributed by atoms with Gasteiger partial charge in [-0.05, 0) is 19.1 Å². The van der Waals surface area contributed by atoms with Gasteiger partial charge in [0.25, 0.3) is 5.91 Å². The summed E-state index contributed by atoms with van der Waals surface area (Å²) in [5, 5.41) is 0. The first-order valence-electron chi connectivity index (χ1n) is 7.05. The Balaban J connectivity index is 1.71. The molecule has 21 heavy (non-hydrogen) atoms. The average molecular weight is 312 g/mol. The molecule has 2 heterocycles. The number of halogens is 1. The number of benzene rings is 1. The third kappa shape index (κ3) is 2.94. The molecule has 1 fully saturated rings. The maximum atomic E-state index is 12.7. The maximum absolute atomic E-state index is 12.7. The first-order chi connectivity index (χ1) is 10.2. The lowest BCUT2D eigenvalue weighted by molar-refractivity contribution is -0.152. The minimum Gasteiger partial charge on any atom is -0.485 e. The molecule has 1 amide bonds. The number of hydrogen-bond donors (Lipinski definition) is 0. The van der Waals surface area contributed by atoms with Crippen LogP contribution in [0.1, 0.15) is 6.92 Å². The number of rotatable bonds is 2. The van der Waals surface area contributed by atoms with Crippen LogP contribution >= 0.6 is 11.6 Å². The number of hydrogen-bond acceptors (Lipinski definition) is 4. The van der Waals surface area contributed by atoms with E-state index in [0.717, 1.165) is 0 Å². The van der Waals surface area contributed by atoms with Gasteiger partial charge in [0.1, 0.15) is 6.61 Å². The number of amides is 1. The standard InChI is InChI=1S/C15H18ClNO4/c1-10-8-19-11(6-16)7-17(10)15(18)14-9-20-12-4-2-3-5-13(12)21-14/h2-5,10-11,14H,6-9H2,1H3. The van der Waals surface area contributed by atoms with Crippen molar-refractivity contribution < 1.29 is 19.0 Å². The second kappa shape index (κ2) is 6.12. The lowest BCUT2D eigenvalue weighted by Crippen LogP contribution is -2.56. The highest BCUT2D eigenvalue weighted by Gasteiger charge is 2.36. The fourth-order valence-electron chi connectivity index (χ4n) is 2.54. The largest absolute Gasteiger partial charge is 0.485 e. The summed E-state index contributed by atoms with van der Waals surface area (Å²) in [6.45, 7) is 3.17. The van der Waals surface area contributed by atoms with E-state index in [2.05, 4.69) is 0 Å². The van der Waals surface area contributed by atoms with Gasteiger partial charge < -0.3 is 19.1 Å². The minimum absolute atomic E-state index is 0.0118. The molecule has 0 aromatic heterocycles. The summed E-state index contributed by atoms with van der Waals surface area (Å²) in [7, 11) is 0. The summed E-state index contributed by atoms with van der Waals surface area (Å²) in [5.41, 5.74) is 0. The molecule has 2 aliphatic heterocycles. The molecule has 1 saturated heterocycles. The maximum Gasteiger partial charge on any atom is 0.267 e. The van der Waals surface area contributed by atoms with Crippen LogP contribution in [0, 0.1) is 0 Å². The Hall–Kier alpha value is -1.46. The van der Waals surface area contributed by atoms with Crippen LogP contribution in [-0.4, -0.2) is 54.7 Å². The highest BCUT2D eigenvalue weighted by Crippen LogP contribution is 2.31. The number of alkyl halides is 1. The second-order valence-electron chi connectivity index (χ2n) is 5.31. The molecular weight excluding hydrogens is 294 g/mol. The van der Waals surface area contributed by atoms with Gasteiger partial charge in [-0.2, -0.15) is 0 Å². The van der Waals surface area contributed by atoms with Crippen molar-refractivity contribution in [3.8, 4) is 11.5 Å². The molecule has 0 aliphatic carbocycles. The van der Waals surface area contributed by atoms with Crippen LogP contribution in [0.2, 0.25) is 0 Å². The first kappa shape index (κ1) is 14.5. The monoisotopic (exact) mass is 311 g/mol. The summed E-state index contributed by atoms with van der Waals surface area (Å²) in [4.78, 5) is 14.4. The summed E-state index contributed by atoms with van der Waals surface area (Å²) >= 11 is 5.83. The first-order valence-corrected chi connectivity index (χ1v) is 7.59. The van der Waals surface area contributed by atoms with Crippen LogP contribution in [0.25, 0.3) is 0 Å². The number of nitrogens with zero attached hydrogens (tertiary/aromatic N) is 1. The highest BCUT2D eigenvalue weighted by atomic mass is 35.5. The number of carbonyl (C=O) groups excluding carboxylic acids is 1. The van der Waals surface area contributed by atoms with E-state index in [0.29, 0.717) is 30.5 Å². The second-order valence-corrected chi connectivity index (χ2v) is 5.62. The summed E-state index contributed by atoms with van der Waals surface area (Å²) < 4.78 is 16.9. The van der Waals surface area contributed by atoms with Crippen LogP contribution in [0.3, 0.4) is 0 Å². The molecule has 0 bridgehead atoms. The number of carbonyl (C=O) groups is 1. The van der Waals surface area contributed by atoms with Crippen LogP contribution in [0.5, 0.6) is 11.5 Å². The normalized spacial score (nSPS) is 28.3. The predicted octanol–water partition coefficient (Wildman–Crippen LogP) is 1.68. The fourth-order valence-corrected chi connectivity index (χ4v) is 2.73. The Morgan fingerprint density at radius 1 is 1.33 bits per heavy atom. The van der Waals surface area contributed by atoms with Gasteiger partial charge in [-0.15, -0.1) is 11.6 Å². The third-order valence-electron chi connectivity index (χ3n) is 3.74. The van der Waals surface area contributed by atoms with Gasteiger partial charge >= 0.3 is 0 Å². The third-order valence-corrected chi connectivity index (χ3v) is 4.09. The van der Waals surface area contributed by atoms with Crippen molar-refractivity contribution in [2.24, 2.45) is 0 Å². The van der Waals surface area contributed by atoms with Gasteiger partial charge in [-0.1, -0.05) is 12.1 Å². The van der Waals surface area contributed by atoms with Gasteiger partial charge in [0.05, 0.1) is 24.6 Å². The Morgan fingerprint density at radius 3 is 2.86 bits per heavy atom. The van der Waals surface area contributed by atoms with Crippen molar-refractivity contribution in [1.82, 2.24) is 4.90 Å². The molecule has 0 radical (unpaired) electrons. The van der Waals surface area contributed by atoms with Crippen molar-refractivity contribution in [3.63, 3.8) is 0 Å². The van der Waals surface area contributed by atoms with Gasteiger partial charge in [-0.3, -0.25) is 4.79 Å². The molecule has 3 atom stereocenters. The van der Waals surface area contributed by atoms with Crippen molar-refractivity contribution in [2.45, 2.75) is 25.2 Å². The molecular formula is C15H18ClNO4. The zero-order valence-electron chi connectivity index (χ0n) is 11.8. The molecule has 5 nitrogen and oxygen atoms in total. The molecule has 3 unspecified atom stereocenters. The fraction of sp³-hybridized carbons (Fsp3) is 0.533. The number of fused-ring (bicyclic) bond motifs is 1. The number of para-hydroxylation sites is 2. The van der Waals surface area contributed by atoms with Gasteiger partial charge in [0.15, 0.2) is 11.5 Å². The highest BCUT2D eigenvalue weighted by molar-refractivity contribution is 6.18. The van der Waals surface area contributed by atoms with Crippen molar-refractivity contribution in [2.75, 3.05) is 25.6 Å². The molecule has 1 aromatic rings. The Kier molecular flexibility index (Phi) is 4.22. The van der Waals surface area contributed by atoms with Crippen LogP contribution in [-0.2, 0) is 9.53 Å². The smallest absolute Gasteiger partial charge is 0.267 e. The zero-order chi connectivity index (χ0) is 14.8. The van der Waals surface area contributed by atoms with Crippen molar-refractivity contribution in [1.29, 1.82) is 0 Å². The van der Waals surface area contributed by atoms with E-state index in [4.69, 9.17) is 25.8 Å². The van der Waals surface area contributed by atoms with Crippen LogP contribution in [0.15, 0.2) is 24.3 Å². The topological polar surface area (TPSA) is 48.0 Å². The summed E-state index contributed by atoms with van der Waals surface area (Å²) in [6, 6.07) is 7.38. The van der Waals surface area contributed by atoms with Crippen molar-refractivity contribution in [3.05, 3.63) is 24.3 Å². The van der Waals surface area contributed by atoms with E-state index in [-0.39, 0.29) is 24.7 Å². The van der Waals surface area contributed by atoms with Gasteiger partial charge in [0.2, 0.25) is 6.10 Å². The minimum atomic E-state index is -0.614. The summed E-state index contributed by atoms with van der Waals surface area (Å²) in [6.07, 6.45) is -0.736. The SMILES string of the molecule is CC1COC(CCl)CN1C(=O)C1COc2ccccc2O1. The lowest BCUT2D eigenvalue weighted by atomic mass is 10.1. The molecule has 0 saturated carbocycles.